The fraction of sp³-hybridized carbons (Fsp3) is 0.300. The van der Waals surface area contributed by atoms with E-state index in [1.165, 1.54) is 10.4 Å². The molecule has 1 aliphatic rings. The Hall–Kier alpha value is -2.43. The topological polar surface area (TPSA) is 97.4 Å². The van der Waals surface area contributed by atoms with Gasteiger partial charge in [-0.25, -0.2) is 13.1 Å². The first-order valence-corrected chi connectivity index (χ1v) is 11.8. The lowest BCUT2D eigenvalue weighted by atomic mass is 10.2. The summed E-state index contributed by atoms with van der Waals surface area (Å²) in [6.45, 7) is 3.00. The SMILES string of the molecule is Cc1oc(C(=O)Nc2ccnn2Cc2cccc(Br)c2)cc1S(=O)(=O)N1CCCC1. The molecule has 1 fully saturated rings. The van der Waals surface area contributed by atoms with Gasteiger partial charge in [0.15, 0.2) is 5.76 Å². The minimum absolute atomic E-state index is 0.0391. The molecule has 8 nitrogen and oxygen atoms in total. The predicted octanol–water partition coefficient (Wildman–Crippen LogP) is 3.63. The van der Waals surface area contributed by atoms with Crippen LogP contribution in [0.4, 0.5) is 5.82 Å². The van der Waals surface area contributed by atoms with E-state index in [-0.39, 0.29) is 16.4 Å². The zero-order chi connectivity index (χ0) is 21.3. The van der Waals surface area contributed by atoms with Crippen molar-refractivity contribution in [2.75, 3.05) is 18.4 Å². The van der Waals surface area contributed by atoms with Crippen LogP contribution < -0.4 is 5.32 Å². The number of nitrogens with zero attached hydrogens (tertiary/aromatic N) is 3. The molecule has 1 amide bonds. The van der Waals surface area contributed by atoms with Crippen molar-refractivity contribution in [1.29, 1.82) is 0 Å². The molecule has 2 aromatic heterocycles. The van der Waals surface area contributed by atoms with Crippen molar-refractivity contribution < 1.29 is 17.6 Å². The summed E-state index contributed by atoms with van der Waals surface area (Å²) in [5.74, 6) is 0.102. The molecule has 30 heavy (non-hydrogen) atoms. The van der Waals surface area contributed by atoms with Crippen LogP contribution in [0.3, 0.4) is 0 Å². The highest BCUT2D eigenvalue weighted by Crippen LogP contribution is 2.27. The first-order valence-electron chi connectivity index (χ1n) is 9.53. The Morgan fingerprint density at radius 3 is 2.73 bits per heavy atom. The number of rotatable bonds is 6. The van der Waals surface area contributed by atoms with E-state index in [4.69, 9.17) is 4.42 Å². The molecule has 0 spiro atoms. The molecule has 0 aliphatic carbocycles. The lowest BCUT2D eigenvalue weighted by Crippen LogP contribution is -2.28. The Balaban J connectivity index is 1.52. The quantitative estimate of drug-likeness (QED) is 0.566. The Labute approximate surface area is 183 Å². The van der Waals surface area contributed by atoms with Gasteiger partial charge < -0.3 is 9.73 Å². The molecule has 3 heterocycles. The Morgan fingerprint density at radius 2 is 2.00 bits per heavy atom. The molecule has 3 aromatic rings. The number of anilines is 1. The van der Waals surface area contributed by atoms with E-state index in [2.05, 4.69) is 26.3 Å². The second kappa shape index (κ2) is 8.37. The summed E-state index contributed by atoms with van der Waals surface area (Å²) in [4.78, 5) is 12.8. The summed E-state index contributed by atoms with van der Waals surface area (Å²) >= 11 is 3.44. The van der Waals surface area contributed by atoms with Gasteiger partial charge in [0.2, 0.25) is 10.0 Å². The Morgan fingerprint density at radius 1 is 1.23 bits per heavy atom. The fourth-order valence-corrected chi connectivity index (χ4v) is 5.58. The number of sulfonamides is 1. The normalized spacial score (nSPS) is 14.9. The first kappa shape index (κ1) is 20.8. The van der Waals surface area contributed by atoms with Gasteiger partial charge >= 0.3 is 0 Å². The van der Waals surface area contributed by atoms with Gasteiger partial charge in [0.25, 0.3) is 5.91 Å². The molecular formula is C20H21BrN4O4S. The van der Waals surface area contributed by atoms with Gasteiger partial charge in [-0.05, 0) is 37.5 Å². The summed E-state index contributed by atoms with van der Waals surface area (Å²) < 4.78 is 35.1. The number of carbonyl (C=O) groups is 1. The number of aromatic nitrogens is 2. The molecule has 4 rings (SSSR count). The van der Waals surface area contributed by atoms with Crippen LogP contribution in [-0.2, 0) is 16.6 Å². The Kier molecular flexibility index (Phi) is 5.81. The summed E-state index contributed by atoms with van der Waals surface area (Å²) in [7, 11) is -3.66. The van der Waals surface area contributed by atoms with Gasteiger partial charge in [-0.1, -0.05) is 28.1 Å². The van der Waals surface area contributed by atoms with Crippen LogP contribution in [0.15, 0.2) is 56.4 Å². The first-order chi connectivity index (χ1) is 14.3. The average molecular weight is 493 g/mol. The van der Waals surface area contributed by atoms with Crippen LogP contribution in [0, 0.1) is 6.92 Å². The van der Waals surface area contributed by atoms with Crippen molar-refractivity contribution in [3.05, 3.63) is 64.2 Å². The monoisotopic (exact) mass is 492 g/mol. The molecule has 0 atom stereocenters. The molecular weight excluding hydrogens is 472 g/mol. The molecule has 1 N–H and O–H groups in total. The molecule has 158 valence electrons. The number of hydrogen-bond acceptors (Lipinski definition) is 5. The maximum absolute atomic E-state index is 12.8. The number of furan rings is 1. The molecule has 0 unspecified atom stereocenters. The number of hydrogen-bond donors (Lipinski definition) is 1. The van der Waals surface area contributed by atoms with E-state index >= 15 is 0 Å². The minimum atomic E-state index is -3.66. The third kappa shape index (κ3) is 4.21. The van der Waals surface area contributed by atoms with Crippen molar-refractivity contribution >= 4 is 37.7 Å². The summed E-state index contributed by atoms with van der Waals surface area (Å²) in [5, 5.41) is 7.01. The van der Waals surface area contributed by atoms with E-state index in [1.807, 2.05) is 24.3 Å². The summed E-state index contributed by atoms with van der Waals surface area (Å²) in [6.07, 6.45) is 3.27. The van der Waals surface area contributed by atoms with Gasteiger partial charge in [0.05, 0.1) is 12.7 Å². The molecule has 0 radical (unpaired) electrons. The second-order valence-corrected chi connectivity index (χ2v) is 9.92. The number of benzene rings is 1. The van der Waals surface area contributed by atoms with E-state index < -0.39 is 15.9 Å². The zero-order valence-corrected chi connectivity index (χ0v) is 18.7. The van der Waals surface area contributed by atoms with E-state index in [0.717, 1.165) is 22.9 Å². The number of carbonyl (C=O) groups excluding carboxylic acids is 1. The van der Waals surface area contributed by atoms with Gasteiger partial charge in [-0.15, -0.1) is 0 Å². The molecule has 1 saturated heterocycles. The standard InChI is InChI=1S/C20H21BrN4O4S/c1-14-18(30(27,28)24-9-2-3-10-24)12-17(29-14)20(26)23-19-7-8-22-25(19)13-15-5-4-6-16(21)11-15/h4-8,11-12H,2-3,9-10,13H2,1H3,(H,23,26). The minimum Gasteiger partial charge on any atom is -0.455 e. The third-order valence-corrected chi connectivity index (χ3v) is 7.46. The fourth-order valence-electron chi connectivity index (χ4n) is 3.45. The second-order valence-electron chi connectivity index (χ2n) is 7.10. The molecule has 0 saturated carbocycles. The third-order valence-electron chi connectivity index (χ3n) is 4.96. The zero-order valence-electron chi connectivity index (χ0n) is 16.3. The summed E-state index contributed by atoms with van der Waals surface area (Å²) in [5.41, 5.74) is 1.01. The number of aryl methyl sites for hydroxylation is 1. The highest BCUT2D eigenvalue weighted by atomic mass is 79.9. The average Bonchev–Trinajstić information content (AvgIpc) is 3.44. The summed E-state index contributed by atoms with van der Waals surface area (Å²) in [6, 6.07) is 10.8. The molecule has 0 bridgehead atoms. The van der Waals surface area contributed by atoms with Crippen LogP contribution in [0.5, 0.6) is 0 Å². The maximum atomic E-state index is 12.8. The van der Waals surface area contributed by atoms with Gasteiger partial charge in [-0.2, -0.15) is 9.40 Å². The van der Waals surface area contributed by atoms with Crippen molar-refractivity contribution in [3.63, 3.8) is 0 Å². The number of nitrogens with one attached hydrogen (secondary N) is 1. The van der Waals surface area contributed by atoms with E-state index in [1.54, 1.807) is 23.9 Å². The highest BCUT2D eigenvalue weighted by Gasteiger charge is 2.31. The van der Waals surface area contributed by atoms with Crippen molar-refractivity contribution in [2.45, 2.75) is 31.2 Å². The lowest BCUT2D eigenvalue weighted by Gasteiger charge is -2.14. The van der Waals surface area contributed by atoms with Crippen LogP contribution in [0.2, 0.25) is 0 Å². The van der Waals surface area contributed by atoms with E-state index in [0.29, 0.717) is 25.5 Å². The largest absolute Gasteiger partial charge is 0.455 e. The van der Waals surface area contributed by atoms with Gasteiger partial charge in [-0.3, -0.25) is 4.79 Å². The van der Waals surface area contributed by atoms with Crippen LogP contribution in [-0.4, -0.2) is 41.5 Å². The molecule has 1 aromatic carbocycles. The van der Waals surface area contributed by atoms with Crippen molar-refractivity contribution in [3.8, 4) is 0 Å². The molecule has 10 heteroatoms. The molecule has 1 aliphatic heterocycles. The Bertz CT molecular complexity index is 1180. The van der Waals surface area contributed by atoms with E-state index in [9.17, 15) is 13.2 Å². The lowest BCUT2D eigenvalue weighted by molar-refractivity contribution is 0.0994. The smallest absolute Gasteiger partial charge is 0.292 e. The predicted molar refractivity (Wildman–Crippen MR) is 115 cm³/mol. The number of halogens is 1. The maximum Gasteiger partial charge on any atom is 0.292 e. The van der Waals surface area contributed by atoms with Gasteiger partial charge in [0.1, 0.15) is 16.5 Å². The number of amides is 1. The highest BCUT2D eigenvalue weighted by molar-refractivity contribution is 9.10. The van der Waals surface area contributed by atoms with Crippen molar-refractivity contribution in [1.82, 2.24) is 14.1 Å². The van der Waals surface area contributed by atoms with Crippen LogP contribution in [0.25, 0.3) is 0 Å². The van der Waals surface area contributed by atoms with Gasteiger partial charge in [0, 0.05) is 29.7 Å². The van der Waals surface area contributed by atoms with Crippen LogP contribution in [0.1, 0.15) is 34.7 Å². The van der Waals surface area contributed by atoms with Crippen molar-refractivity contribution in [2.24, 2.45) is 0 Å². The van der Waals surface area contributed by atoms with Crippen LogP contribution >= 0.6 is 15.9 Å².